The molecular weight excluding hydrogens is 422 g/mol. The number of ether oxygens (including phenoxy) is 2. The van der Waals surface area contributed by atoms with E-state index in [0.717, 1.165) is 5.69 Å². The number of nitrogens with zero attached hydrogens (tertiary/aromatic N) is 4. The number of aromatic nitrogens is 4. The Bertz CT molecular complexity index is 1160. The third kappa shape index (κ3) is 5.00. The Kier molecular flexibility index (Phi) is 6.85. The lowest BCUT2D eigenvalue weighted by atomic mass is 10.1. The summed E-state index contributed by atoms with van der Waals surface area (Å²) in [6, 6.07) is 6.39. The van der Waals surface area contributed by atoms with Gasteiger partial charge in [0.25, 0.3) is 11.7 Å². The van der Waals surface area contributed by atoms with Gasteiger partial charge in [0.2, 0.25) is 5.16 Å². The maximum Gasteiger partial charge on any atom is 0.339 e. The predicted molar refractivity (Wildman–Crippen MR) is 113 cm³/mol. The minimum absolute atomic E-state index is 0.0684. The highest BCUT2D eigenvalue weighted by molar-refractivity contribution is 7.98. The van der Waals surface area contributed by atoms with Crippen molar-refractivity contribution < 1.29 is 23.9 Å². The van der Waals surface area contributed by atoms with E-state index < -0.39 is 24.5 Å². The first-order chi connectivity index (χ1) is 14.8. The van der Waals surface area contributed by atoms with E-state index in [2.05, 4.69) is 20.4 Å². The van der Waals surface area contributed by atoms with Crippen LogP contribution in [-0.4, -0.2) is 57.4 Å². The van der Waals surface area contributed by atoms with Crippen molar-refractivity contribution in [3.8, 4) is 0 Å². The highest BCUT2D eigenvalue weighted by Crippen LogP contribution is 2.18. The Morgan fingerprint density at radius 2 is 1.90 bits per heavy atom. The van der Waals surface area contributed by atoms with Crippen LogP contribution >= 0.6 is 11.8 Å². The number of hydrogen-bond donors (Lipinski definition) is 1. The molecule has 3 aromatic rings. The number of carbonyl (C=O) groups is 3. The molecule has 0 saturated carbocycles. The van der Waals surface area contributed by atoms with E-state index >= 15 is 0 Å². The number of benzene rings is 1. The highest BCUT2D eigenvalue weighted by atomic mass is 32.2. The number of fused-ring (bicyclic) bond motifs is 1. The molecule has 31 heavy (non-hydrogen) atoms. The number of hydrogen-bond acceptors (Lipinski definition) is 9. The molecule has 1 amide bonds. The third-order valence-corrected chi connectivity index (χ3v) is 5.04. The Hall–Kier alpha value is -3.47. The highest BCUT2D eigenvalue weighted by Gasteiger charge is 2.18. The number of nitrogens with one attached hydrogen (secondary N) is 1. The fourth-order valence-electron chi connectivity index (χ4n) is 2.94. The lowest BCUT2D eigenvalue weighted by Gasteiger charge is -2.11. The summed E-state index contributed by atoms with van der Waals surface area (Å²) in [6.07, 6.45) is 1.80. The van der Waals surface area contributed by atoms with Crippen LogP contribution in [0.25, 0.3) is 5.78 Å². The summed E-state index contributed by atoms with van der Waals surface area (Å²) in [7, 11) is 1.25. The Morgan fingerprint density at radius 3 is 2.61 bits per heavy atom. The number of rotatable bonds is 7. The van der Waals surface area contributed by atoms with E-state index in [4.69, 9.17) is 9.47 Å². The molecule has 11 heteroatoms. The fraction of sp³-hybridized carbons (Fsp3) is 0.300. The Morgan fingerprint density at radius 1 is 1.16 bits per heavy atom. The normalized spacial score (nSPS) is 10.7. The van der Waals surface area contributed by atoms with Crippen LogP contribution in [0.1, 0.15) is 27.3 Å². The number of aryl methyl sites for hydroxylation is 2. The van der Waals surface area contributed by atoms with Crippen LogP contribution in [0.2, 0.25) is 0 Å². The summed E-state index contributed by atoms with van der Waals surface area (Å²) in [5, 5.41) is 7.47. The van der Waals surface area contributed by atoms with Crippen molar-refractivity contribution in [2.24, 2.45) is 0 Å². The van der Waals surface area contributed by atoms with E-state index in [-0.39, 0.29) is 17.7 Å². The molecule has 0 spiro atoms. The first kappa shape index (κ1) is 22.2. The van der Waals surface area contributed by atoms with E-state index in [1.54, 1.807) is 29.6 Å². The first-order valence-corrected chi connectivity index (χ1v) is 10.5. The van der Waals surface area contributed by atoms with E-state index in [1.807, 2.05) is 13.2 Å². The summed E-state index contributed by atoms with van der Waals surface area (Å²) < 4.78 is 11.4. The average Bonchev–Trinajstić information content (AvgIpc) is 3.18. The molecule has 0 aliphatic carbocycles. The van der Waals surface area contributed by atoms with Gasteiger partial charge in [0, 0.05) is 17.0 Å². The molecule has 0 unspecified atom stereocenters. The quantitative estimate of drug-likeness (QED) is 0.431. The summed E-state index contributed by atoms with van der Waals surface area (Å²) in [5.74, 6) is -1.29. The molecule has 0 fully saturated rings. The SMILES string of the molecule is COC(=O)c1ccccc1NC(=O)COC(=O)Cc1c(C)nc2nc(SC)nn2c1C. The van der Waals surface area contributed by atoms with Gasteiger partial charge < -0.3 is 14.8 Å². The molecular formula is C20H21N5O5S. The number of methoxy groups -OCH3 is 1. The zero-order valence-corrected chi connectivity index (χ0v) is 18.3. The third-order valence-electron chi connectivity index (χ3n) is 4.50. The Labute approximate surface area is 182 Å². The second kappa shape index (κ2) is 9.56. The summed E-state index contributed by atoms with van der Waals surface area (Å²) in [4.78, 5) is 45.0. The van der Waals surface area contributed by atoms with Gasteiger partial charge in [-0.2, -0.15) is 4.98 Å². The van der Waals surface area contributed by atoms with Crippen LogP contribution in [0.4, 0.5) is 5.69 Å². The van der Waals surface area contributed by atoms with E-state index in [1.165, 1.54) is 24.9 Å². The van der Waals surface area contributed by atoms with Crippen LogP contribution in [0.15, 0.2) is 29.4 Å². The van der Waals surface area contributed by atoms with Crippen LogP contribution in [0.3, 0.4) is 0 Å². The summed E-state index contributed by atoms with van der Waals surface area (Å²) in [6.45, 7) is 3.10. The molecule has 2 heterocycles. The predicted octanol–water partition coefficient (Wildman–Crippen LogP) is 1.97. The fourth-order valence-corrected chi connectivity index (χ4v) is 3.28. The number of carbonyl (C=O) groups excluding carboxylic acids is 3. The maximum atomic E-state index is 12.3. The Balaban J connectivity index is 1.64. The van der Waals surface area contributed by atoms with Crippen molar-refractivity contribution in [2.75, 3.05) is 25.3 Å². The van der Waals surface area contributed by atoms with Gasteiger partial charge in [0.15, 0.2) is 6.61 Å². The number of thioether (sulfide) groups is 1. The number of para-hydroxylation sites is 1. The first-order valence-electron chi connectivity index (χ1n) is 9.23. The molecule has 0 saturated heterocycles. The van der Waals surface area contributed by atoms with Gasteiger partial charge in [0.1, 0.15) is 0 Å². The molecule has 0 aliphatic rings. The zero-order chi connectivity index (χ0) is 22.5. The van der Waals surface area contributed by atoms with Gasteiger partial charge in [-0.05, 0) is 32.2 Å². The van der Waals surface area contributed by atoms with Crippen molar-refractivity contribution in [3.05, 3.63) is 46.8 Å². The monoisotopic (exact) mass is 443 g/mol. The molecule has 0 bridgehead atoms. The molecule has 0 aliphatic heterocycles. The van der Waals surface area contributed by atoms with Crippen LogP contribution in [0, 0.1) is 13.8 Å². The smallest absolute Gasteiger partial charge is 0.339 e. The van der Waals surface area contributed by atoms with Gasteiger partial charge in [-0.15, -0.1) is 5.10 Å². The van der Waals surface area contributed by atoms with Gasteiger partial charge in [-0.1, -0.05) is 23.9 Å². The van der Waals surface area contributed by atoms with Crippen molar-refractivity contribution in [1.82, 2.24) is 19.6 Å². The van der Waals surface area contributed by atoms with Crippen LogP contribution in [-0.2, 0) is 25.5 Å². The molecule has 10 nitrogen and oxygen atoms in total. The maximum absolute atomic E-state index is 12.3. The largest absolute Gasteiger partial charge is 0.465 e. The summed E-state index contributed by atoms with van der Waals surface area (Å²) in [5.41, 5.74) is 2.49. The van der Waals surface area contributed by atoms with Crippen molar-refractivity contribution in [1.29, 1.82) is 0 Å². The van der Waals surface area contributed by atoms with Crippen molar-refractivity contribution in [3.63, 3.8) is 0 Å². The summed E-state index contributed by atoms with van der Waals surface area (Å²) >= 11 is 1.40. The molecule has 1 aromatic carbocycles. The van der Waals surface area contributed by atoms with Crippen LogP contribution < -0.4 is 5.32 Å². The second-order valence-corrected chi connectivity index (χ2v) is 7.27. The number of amides is 1. The average molecular weight is 443 g/mol. The standard InChI is InChI=1S/C20H21N5O5S/c1-11-14(12(2)25-19(21-11)23-20(24-25)31-4)9-17(27)30-10-16(26)22-15-8-6-5-7-13(15)18(28)29-3/h5-8H,9-10H2,1-4H3,(H,22,26). The molecule has 1 N–H and O–H groups in total. The molecule has 0 atom stereocenters. The van der Waals surface area contributed by atoms with Gasteiger partial charge in [-0.25, -0.2) is 14.3 Å². The lowest BCUT2D eigenvalue weighted by Crippen LogP contribution is -2.23. The molecule has 0 radical (unpaired) electrons. The number of esters is 2. The molecule has 3 rings (SSSR count). The zero-order valence-electron chi connectivity index (χ0n) is 17.5. The number of anilines is 1. The van der Waals surface area contributed by atoms with Crippen molar-refractivity contribution in [2.45, 2.75) is 25.4 Å². The topological polar surface area (TPSA) is 125 Å². The van der Waals surface area contributed by atoms with Crippen molar-refractivity contribution >= 4 is 41.1 Å². The second-order valence-electron chi connectivity index (χ2n) is 6.49. The molecule has 2 aromatic heterocycles. The van der Waals surface area contributed by atoms with E-state index in [0.29, 0.717) is 22.2 Å². The minimum atomic E-state index is -0.589. The molecule has 162 valence electrons. The van der Waals surface area contributed by atoms with Gasteiger partial charge >= 0.3 is 11.9 Å². The lowest BCUT2D eigenvalue weighted by molar-refractivity contribution is -0.146. The van der Waals surface area contributed by atoms with Gasteiger partial charge in [0.05, 0.1) is 24.8 Å². The van der Waals surface area contributed by atoms with Crippen LogP contribution in [0.5, 0.6) is 0 Å². The van der Waals surface area contributed by atoms with Gasteiger partial charge in [-0.3, -0.25) is 9.59 Å². The van der Waals surface area contributed by atoms with E-state index in [9.17, 15) is 14.4 Å². The minimum Gasteiger partial charge on any atom is -0.465 e.